The highest BCUT2D eigenvalue weighted by molar-refractivity contribution is 7.13. The molecule has 0 N–H and O–H groups in total. The number of hydrogen-bond donors (Lipinski definition) is 0. The molecule has 0 saturated carbocycles. The van der Waals surface area contributed by atoms with Crippen LogP contribution < -0.4 is 4.90 Å². The van der Waals surface area contributed by atoms with Crippen molar-refractivity contribution in [3.05, 3.63) is 28.8 Å². The second-order valence-electron chi connectivity index (χ2n) is 10.9. The number of methoxy groups -OCH3 is 1. The van der Waals surface area contributed by atoms with E-state index in [0.29, 0.717) is 23.7 Å². The molecule has 3 aliphatic heterocycles. The van der Waals surface area contributed by atoms with Gasteiger partial charge in [-0.15, -0.1) is 11.3 Å². The third-order valence-corrected chi connectivity index (χ3v) is 7.63. The molecule has 3 saturated heterocycles. The van der Waals surface area contributed by atoms with E-state index in [4.69, 9.17) is 13.9 Å². The lowest BCUT2D eigenvalue weighted by Crippen LogP contribution is -2.70. The average molecular weight is 539 g/mol. The van der Waals surface area contributed by atoms with Gasteiger partial charge in [0.15, 0.2) is 5.58 Å². The van der Waals surface area contributed by atoms with Gasteiger partial charge in [0, 0.05) is 31.8 Å². The lowest BCUT2D eigenvalue weighted by Gasteiger charge is -2.55. The Bertz CT molecular complexity index is 1320. The monoisotopic (exact) mass is 538 g/mol. The molecule has 37 heavy (non-hydrogen) atoms. The molecule has 1 aromatic carbocycles. The zero-order valence-electron chi connectivity index (χ0n) is 21.5. The molecule has 200 valence electrons. The molecule has 5 heterocycles. The van der Waals surface area contributed by atoms with Gasteiger partial charge in [-0.2, -0.15) is 18.2 Å². The van der Waals surface area contributed by atoms with Crippen molar-refractivity contribution in [1.82, 2.24) is 14.9 Å². The maximum atomic E-state index is 14.5. The van der Waals surface area contributed by atoms with E-state index < -0.39 is 22.9 Å². The summed E-state index contributed by atoms with van der Waals surface area (Å²) in [4.78, 5) is 24.8. The number of amides is 1. The minimum absolute atomic E-state index is 0.0242. The van der Waals surface area contributed by atoms with Crippen LogP contribution in [0.1, 0.15) is 52.2 Å². The molecule has 1 amide bonds. The Morgan fingerprint density at radius 2 is 1.84 bits per heavy atom. The second kappa shape index (κ2) is 8.59. The van der Waals surface area contributed by atoms with Crippen LogP contribution in [0.25, 0.3) is 21.7 Å². The van der Waals surface area contributed by atoms with Gasteiger partial charge in [0.05, 0.1) is 28.8 Å². The van der Waals surface area contributed by atoms with Gasteiger partial charge in [-0.25, -0.2) is 9.78 Å². The van der Waals surface area contributed by atoms with Crippen molar-refractivity contribution in [3.8, 4) is 10.6 Å². The van der Waals surface area contributed by atoms with Crippen LogP contribution in [-0.4, -0.2) is 58.8 Å². The minimum Gasteiger partial charge on any atom is -0.444 e. The summed E-state index contributed by atoms with van der Waals surface area (Å²) in [6.45, 7) is 9.35. The van der Waals surface area contributed by atoms with Crippen molar-refractivity contribution in [2.24, 2.45) is 0 Å². The number of aromatic nitrogens is 2. The number of thiazole rings is 1. The molecular formula is C25H29F3N4O4S. The van der Waals surface area contributed by atoms with Crippen LogP contribution >= 0.6 is 11.3 Å². The fourth-order valence-corrected chi connectivity index (χ4v) is 5.62. The molecule has 2 atom stereocenters. The summed E-state index contributed by atoms with van der Waals surface area (Å²) in [5.41, 5.74) is -2.62. The highest BCUT2D eigenvalue weighted by Crippen LogP contribution is 2.47. The number of hydrogen-bond acceptors (Lipinski definition) is 8. The summed E-state index contributed by atoms with van der Waals surface area (Å²) in [5, 5.41) is 2.27. The lowest BCUT2D eigenvalue weighted by atomic mass is 9.88. The Labute approximate surface area is 216 Å². The van der Waals surface area contributed by atoms with Gasteiger partial charge >= 0.3 is 12.3 Å². The molecular weight excluding hydrogens is 509 g/mol. The Hall–Kier alpha value is -2.86. The van der Waals surface area contributed by atoms with Gasteiger partial charge in [0.25, 0.3) is 6.01 Å². The first-order valence-electron chi connectivity index (χ1n) is 12.0. The number of alkyl halides is 3. The van der Waals surface area contributed by atoms with Crippen molar-refractivity contribution in [3.63, 3.8) is 0 Å². The standard InChI is InChI=1S/C25H29F3N4O4S/c1-23(2,3)36-22(33)32-13-9-14(32)12-31(11-13)21-30-18-17(25(26,27)28)16(24(4,5)34-6)10-15(19(18)35-21)20-29-7-8-37-20/h7-8,10,13-14H,9,11-12H2,1-6H3. The summed E-state index contributed by atoms with van der Waals surface area (Å²) in [6.07, 6.45) is -2.70. The summed E-state index contributed by atoms with van der Waals surface area (Å²) < 4.78 is 60.5. The van der Waals surface area contributed by atoms with Crippen molar-refractivity contribution < 1.29 is 31.9 Å². The summed E-state index contributed by atoms with van der Waals surface area (Å²) in [6, 6.07) is 1.27. The number of carbonyl (C=O) groups excluding carboxylic acids is 1. The highest BCUT2D eigenvalue weighted by Gasteiger charge is 2.50. The Morgan fingerprint density at radius 3 is 2.38 bits per heavy atom. The predicted octanol–water partition coefficient (Wildman–Crippen LogP) is 6.05. The van der Waals surface area contributed by atoms with Crippen molar-refractivity contribution in [2.75, 3.05) is 25.1 Å². The van der Waals surface area contributed by atoms with Crippen molar-refractivity contribution in [2.45, 2.75) is 70.5 Å². The number of carbonyl (C=O) groups is 1. The fraction of sp³-hybridized carbons (Fsp3) is 0.560. The second-order valence-corrected chi connectivity index (χ2v) is 11.8. The largest absolute Gasteiger partial charge is 0.444 e. The Balaban J connectivity index is 1.57. The molecule has 2 unspecified atom stereocenters. The summed E-state index contributed by atoms with van der Waals surface area (Å²) >= 11 is 1.30. The first-order chi connectivity index (χ1) is 17.2. The van der Waals surface area contributed by atoms with Crippen LogP contribution in [0.2, 0.25) is 0 Å². The van der Waals surface area contributed by atoms with Gasteiger partial charge in [0.1, 0.15) is 16.1 Å². The van der Waals surface area contributed by atoms with E-state index in [9.17, 15) is 18.0 Å². The SMILES string of the molecule is COC(C)(C)c1cc(-c2nccs2)c2oc(N3CC4CC(C3)N4C(=O)OC(C)(C)C)nc2c1C(F)(F)F. The number of ether oxygens (including phenoxy) is 2. The van der Waals surface area contributed by atoms with Gasteiger partial charge in [0.2, 0.25) is 0 Å². The van der Waals surface area contributed by atoms with E-state index in [1.54, 1.807) is 35.2 Å². The Kier molecular flexibility index (Phi) is 5.98. The first kappa shape index (κ1) is 25.8. The minimum atomic E-state index is -4.70. The number of fused-ring (bicyclic) bond motifs is 3. The van der Waals surface area contributed by atoms with Gasteiger partial charge in [-0.05, 0) is 52.7 Å². The maximum Gasteiger partial charge on any atom is 0.419 e. The van der Waals surface area contributed by atoms with Crippen LogP contribution in [0, 0.1) is 0 Å². The molecule has 0 spiro atoms. The van der Waals surface area contributed by atoms with Crippen LogP contribution in [0.3, 0.4) is 0 Å². The van der Waals surface area contributed by atoms with E-state index in [-0.39, 0.29) is 40.9 Å². The average Bonchev–Trinajstić information content (AvgIpc) is 3.46. The zero-order valence-corrected chi connectivity index (χ0v) is 22.3. The van der Waals surface area contributed by atoms with Gasteiger partial charge < -0.3 is 18.8 Å². The fourth-order valence-electron chi connectivity index (χ4n) is 4.97. The molecule has 8 nitrogen and oxygen atoms in total. The van der Waals surface area contributed by atoms with Crippen molar-refractivity contribution in [1.29, 1.82) is 0 Å². The predicted molar refractivity (Wildman–Crippen MR) is 133 cm³/mol. The highest BCUT2D eigenvalue weighted by atomic mass is 32.1. The summed E-state index contributed by atoms with van der Waals surface area (Å²) in [5.74, 6) is 0. The van der Waals surface area contributed by atoms with E-state index >= 15 is 0 Å². The van der Waals surface area contributed by atoms with Crippen LogP contribution in [0.15, 0.2) is 22.1 Å². The molecule has 0 aliphatic carbocycles. The number of piperidine rings is 1. The van der Waals surface area contributed by atoms with E-state index in [0.717, 1.165) is 6.42 Å². The van der Waals surface area contributed by atoms with Crippen molar-refractivity contribution >= 4 is 34.5 Å². The van der Waals surface area contributed by atoms with Gasteiger partial charge in [-0.3, -0.25) is 4.90 Å². The number of rotatable bonds is 4. The summed E-state index contributed by atoms with van der Waals surface area (Å²) in [7, 11) is 1.37. The normalized spacial score (nSPS) is 20.4. The zero-order chi connectivity index (χ0) is 26.9. The number of oxazole rings is 1. The van der Waals surface area contributed by atoms with Crippen LogP contribution in [0.4, 0.5) is 24.0 Å². The number of anilines is 1. The number of piperazine rings is 1. The van der Waals surface area contributed by atoms with E-state index in [1.807, 2.05) is 20.8 Å². The molecule has 3 fully saturated rings. The van der Waals surface area contributed by atoms with Crippen LogP contribution in [0.5, 0.6) is 0 Å². The van der Waals surface area contributed by atoms with Gasteiger partial charge in [-0.1, -0.05) is 0 Å². The number of halogens is 3. The molecule has 3 aromatic rings. The Morgan fingerprint density at radius 1 is 1.16 bits per heavy atom. The molecule has 2 bridgehead atoms. The first-order valence-corrected chi connectivity index (χ1v) is 12.8. The molecule has 2 aromatic heterocycles. The molecule has 6 rings (SSSR count). The number of nitrogens with zero attached hydrogens (tertiary/aromatic N) is 4. The third kappa shape index (κ3) is 4.54. The van der Waals surface area contributed by atoms with E-state index in [1.165, 1.54) is 24.5 Å². The third-order valence-electron chi connectivity index (χ3n) is 6.83. The smallest absolute Gasteiger partial charge is 0.419 e. The van der Waals surface area contributed by atoms with E-state index in [2.05, 4.69) is 9.97 Å². The van der Waals surface area contributed by atoms with Crippen LogP contribution in [-0.2, 0) is 21.3 Å². The molecule has 12 heteroatoms. The quantitative estimate of drug-likeness (QED) is 0.400. The number of benzene rings is 1. The topological polar surface area (TPSA) is 80.9 Å². The molecule has 0 radical (unpaired) electrons. The lowest BCUT2D eigenvalue weighted by molar-refractivity contribution is -0.139. The molecule has 3 aliphatic rings. The maximum absolute atomic E-state index is 14.5.